The van der Waals surface area contributed by atoms with Crippen LogP contribution < -0.4 is 27.4 Å². The van der Waals surface area contributed by atoms with Crippen molar-refractivity contribution in [1.82, 2.24) is 0 Å². The van der Waals surface area contributed by atoms with Gasteiger partial charge in [-0.1, -0.05) is 71.7 Å². The fourth-order valence-corrected chi connectivity index (χ4v) is 7.99. The molecule has 1 aliphatic rings. The Morgan fingerprint density at radius 2 is 0.788 bits per heavy atom. The summed E-state index contributed by atoms with van der Waals surface area (Å²) in [7, 11) is -21.9. The molecule has 6 aromatic rings. The maximum Gasteiger partial charge on any atom is 0.446 e. The molecule has 0 saturated heterocycles. The molecule has 0 radical (unpaired) electrons. The van der Waals surface area contributed by atoms with Gasteiger partial charge in [-0.2, -0.15) is 8.42 Å². The third kappa shape index (κ3) is 6.49. The number of nitrogens with one attached hydrogen (secondary N) is 2. The van der Waals surface area contributed by atoms with E-state index < -0.39 is 70.0 Å². The number of hydrogen-bond donors (Lipinski definition) is 3. The second-order valence-corrected chi connectivity index (χ2v) is 15.5. The minimum Gasteiger partial charge on any atom is -0.716 e. The lowest BCUT2D eigenvalue weighted by Gasteiger charge is -2.30. The van der Waals surface area contributed by atoms with Gasteiger partial charge >= 0.3 is 10.4 Å². The van der Waals surface area contributed by atoms with E-state index in [1.165, 1.54) is 48.5 Å². The number of hydrogen-bond acceptors (Lipinski definition) is 17. The lowest BCUT2D eigenvalue weighted by molar-refractivity contribution is 0.371. The second kappa shape index (κ2) is 12.0. The molecular formula is C28H13Cl2N2O16S4-3. The molecule has 0 fully saturated rings. The zero-order valence-electron chi connectivity index (χ0n) is 24.7. The fourth-order valence-electron chi connectivity index (χ4n) is 5.96. The Labute approximate surface area is 302 Å². The molecule has 3 N–H and O–H groups in total. The van der Waals surface area contributed by atoms with E-state index in [9.17, 15) is 51.9 Å². The summed E-state index contributed by atoms with van der Waals surface area (Å²) < 4.78 is 161. The van der Waals surface area contributed by atoms with Gasteiger partial charge in [0, 0.05) is 32.3 Å². The molecule has 1 aliphatic heterocycles. The van der Waals surface area contributed by atoms with E-state index in [2.05, 4.69) is 10.6 Å². The minimum absolute atomic E-state index is 0.163. The third-order valence-corrected chi connectivity index (χ3v) is 9.67. The standard InChI is InChI=1S/C28H16Cl2N2O16S4/c29-17-9-15-19(27(47-51(39,40)41)13-7-3-1-5-11(13)25(15)45-49(33,34)35)23-21(17)32-24-20-16(10-18(30)22(24)31-23)26(46-50(36,37)38)12-6-2-4-8-14(12)28(20)48-52(42,43)44/h1-10,31-32H,(H,33,34,35)(H,36,37,38)(H,39,40,41)(H,42,43,44)/p-3. The Kier molecular flexibility index (Phi) is 8.22. The number of anilines is 4. The molecule has 0 aliphatic carbocycles. The van der Waals surface area contributed by atoms with Crippen LogP contribution in [-0.2, 0) is 41.6 Å². The van der Waals surface area contributed by atoms with E-state index in [0.717, 1.165) is 12.1 Å². The van der Waals surface area contributed by atoms with Crippen molar-refractivity contribution < 1.29 is 68.6 Å². The van der Waals surface area contributed by atoms with Crippen LogP contribution in [0.2, 0.25) is 10.0 Å². The van der Waals surface area contributed by atoms with E-state index >= 15 is 0 Å². The normalized spacial score (nSPS) is 13.3. The fraction of sp³-hybridized carbons (Fsp3) is 0. The van der Waals surface area contributed by atoms with Crippen LogP contribution in [0.1, 0.15) is 0 Å². The van der Waals surface area contributed by atoms with Crippen molar-refractivity contribution >= 4 is 131 Å². The largest absolute Gasteiger partial charge is 0.716 e. The molecule has 24 heteroatoms. The summed E-state index contributed by atoms with van der Waals surface area (Å²) in [6.45, 7) is 0. The first-order valence-corrected chi connectivity index (χ1v) is 19.8. The van der Waals surface area contributed by atoms with Crippen molar-refractivity contribution in [2.75, 3.05) is 10.6 Å². The molecule has 0 amide bonds. The predicted octanol–water partition coefficient (Wildman–Crippen LogP) is 5.11. The van der Waals surface area contributed by atoms with Crippen molar-refractivity contribution in [2.24, 2.45) is 0 Å². The molecule has 0 unspecified atom stereocenters. The van der Waals surface area contributed by atoms with Crippen LogP contribution in [0.4, 0.5) is 22.7 Å². The first-order valence-electron chi connectivity index (χ1n) is 13.7. The van der Waals surface area contributed by atoms with Gasteiger partial charge in [-0.25, -0.2) is 25.3 Å². The predicted molar refractivity (Wildman–Crippen MR) is 183 cm³/mol. The Morgan fingerprint density at radius 1 is 0.481 bits per heavy atom. The maximum atomic E-state index is 12.0. The zero-order chi connectivity index (χ0) is 37.7. The first kappa shape index (κ1) is 35.8. The highest BCUT2D eigenvalue weighted by molar-refractivity contribution is 7.82. The average molecular weight is 833 g/mol. The van der Waals surface area contributed by atoms with Crippen LogP contribution in [0, 0.1) is 0 Å². The molecule has 52 heavy (non-hydrogen) atoms. The van der Waals surface area contributed by atoms with Crippen molar-refractivity contribution in [3.05, 3.63) is 70.7 Å². The van der Waals surface area contributed by atoms with Crippen LogP contribution >= 0.6 is 23.2 Å². The lowest BCUT2D eigenvalue weighted by atomic mass is 9.95. The summed E-state index contributed by atoms with van der Waals surface area (Å²) >= 11 is 13.3. The zero-order valence-corrected chi connectivity index (χ0v) is 29.5. The third-order valence-electron chi connectivity index (χ3n) is 7.58. The molecule has 18 nitrogen and oxygen atoms in total. The minimum atomic E-state index is -5.57. The van der Waals surface area contributed by atoms with Crippen molar-refractivity contribution in [2.45, 2.75) is 0 Å². The highest BCUT2D eigenvalue weighted by Crippen LogP contribution is 2.58. The SMILES string of the molecule is O=S(=O)([O-])Oc1c2ccccc2c(OS(=O)(=O)[O-])c2c3c(c(Cl)cc12)Nc1c(c(Cl)cc2c(OS(=O)(=O)O)c4ccccc4c(OS(=O)(=O)[O-])c12)N3. The van der Waals surface area contributed by atoms with E-state index in [1.54, 1.807) is 0 Å². The Hall–Kier alpha value is -4.62. The molecule has 0 aromatic heterocycles. The van der Waals surface area contributed by atoms with Gasteiger partial charge in [0.1, 0.15) is 0 Å². The van der Waals surface area contributed by atoms with Gasteiger partial charge in [0.2, 0.25) is 0 Å². The molecule has 6 aromatic carbocycles. The summed E-state index contributed by atoms with van der Waals surface area (Å²) in [6.07, 6.45) is 0. The summed E-state index contributed by atoms with van der Waals surface area (Å²) in [6, 6.07) is 12.5. The highest BCUT2D eigenvalue weighted by Gasteiger charge is 2.32. The summed E-state index contributed by atoms with van der Waals surface area (Å²) in [5, 5.41) is 2.74. The van der Waals surface area contributed by atoms with Gasteiger partial charge in [0.15, 0.2) is 23.0 Å². The molecular weight excluding hydrogens is 819 g/mol. The number of rotatable bonds is 8. The molecule has 0 saturated carbocycles. The van der Waals surface area contributed by atoms with E-state index in [4.69, 9.17) is 39.9 Å². The van der Waals surface area contributed by atoms with E-state index in [-0.39, 0.29) is 70.5 Å². The summed E-state index contributed by atoms with van der Waals surface area (Å²) in [4.78, 5) is 0. The molecule has 0 atom stereocenters. The topological polar surface area (TPSA) is 287 Å². The Balaban J connectivity index is 1.64. The summed E-state index contributed by atoms with van der Waals surface area (Å²) in [5.74, 6) is -2.59. The molecule has 1 heterocycles. The average Bonchev–Trinajstić information content (AvgIpc) is 3.01. The van der Waals surface area contributed by atoms with Crippen LogP contribution in [0.25, 0.3) is 43.1 Å². The van der Waals surface area contributed by atoms with Crippen LogP contribution in [0.15, 0.2) is 60.7 Å². The van der Waals surface area contributed by atoms with Gasteiger partial charge in [-0.3, -0.25) is 4.55 Å². The number of fused-ring (bicyclic) bond motifs is 8. The van der Waals surface area contributed by atoms with Crippen LogP contribution in [-0.4, -0.2) is 51.9 Å². The first-order chi connectivity index (χ1) is 24.1. The molecule has 0 bridgehead atoms. The van der Waals surface area contributed by atoms with Gasteiger partial charge in [0.05, 0.1) is 43.6 Å². The second-order valence-electron chi connectivity index (χ2n) is 10.7. The smallest absolute Gasteiger partial charge is 0.446 e. The van der Waals surface area contributed by atoms with Crippen molar-refractivity contribution in [3.8, 4) is 23.0 Å². The number of halogens is 2. The van der Waals surface area contributed by atoms with Crippen molar-refractivity contribution in [3.63, 3.8) is 0 Å². The quantitative estimate of drug-likeness (QED) is 0.102. The van der Waals surface area contributed by atoms with Gasteiger partial charge in [-0.15, -0.1) is 0 Å². The molecule has 0 spiro atoms. The summed E-state index contributed by atoms with van der Waals surface area (Å²) in [5.41, 5.74) is -0.998. The monoisotopic (exact) mass is 831 g/mol. The molecule has 7 rings (SSSR count). The Morgan fingerprint density at radius 3 is 1.12 bits per heavy atom. The van der Waals surface area contributed by atoms with E-state index in [1.807, 2.05) is 0 Å². The van der Waals surface area contributed by atoms with Crippen LogP contribution in [0.3, 0.4) is 0 Å². The van der Waals surface area contributed by atoms with Gasteiger partial charge in [0.25, 0.3) is 31.2 Å². The highest BCUT2D eigenvalue weighted by atomic mass is 35.5. The lowest BCUT2D eigenvalue weighted by Crippen LogP contribution is -2.14. The van der Waals surface area contributed by atoms with Gasteiger partial charge in [-0.05, 0) is 12.1 Å². The van der Waals surface area contributed by atoms with E-state index in [0.29, 0.717) is 0 Å². The van der Waals surface area contributed by atoms with Gasteiger partial charge < -0.3 is 41.0 Å². The maximum absolute atomic E-state index is 12.0. The van der Waals surface area contributed by atoms with Crippen LogP contribution in [0.5, 0.6) is 23.0 Å². The number of benzene rings is 6. The Bertz CT molecular complexity index is 2840. The molecule has 272 valence electrons. The van der Waals surface area contributed by atoms with Crippen molar-refractivity contribution in [1.29, 1.82) is 0 Å².